The fourth-order valence-electron chi connectivity index (χ4n) is 5.54. The van der Waals surface area contributed by atoms with E-state index < -0.39 is 11.6 Å². The Morgan fingerprint density at radius 1 is 1.19 bits per heavy atom. The lowest BCUT2D eigenvalue weighted by Gasteiger charge is -2.22. The Kier molecular flexibility index (Phi) is 8.72. The van der Waals surface area contributed by atoms with E-state index >= 15 is 0 Å². The van der Waals surface area contributed by atoms with Crippen LogP contribution in [0.3, 0.4) is 0 Å². The number of rotatable bonds is 12. The number of carboxylic acids is 1. The first-order chi connectivity index (χ1) is 15.3. The molecule has 4 heteroatoms. The summed E-state index contributed by atoms with van der Waals surface area (Å²) in [5, 5.41) is 30.4. The molecule has 1 aromatic carbocycles. The molecule has 5 atom stereocenters. The lowest BCUT2D eigenvalue weighted by Crippen LogP contribution is -2.23. The van der Waals surface area contributed by atoms with Crippen LogP contribution in [0.15, 0.2) is 48.1 Å². The monoisotopic (exact) mass is 440 g/mol. The minimum absolute atomic E-state index is 0.179. The van der Waals surface area contributed by atoms with Gasteiger partial charge >= 0.3 is 5.97 Å². The first kappa shape index (κ1) is 24.7. The van der Waals surface area contributed by atoms with Crippen molar-refractivity contribution in [3.05, 3.63) is 59.2 Å². The summed E-state index contributed by atoms with van der Waals surface area (Å²) < 4.78 is 0. The van der Waals surface area contributed by atoms with E-state index in [1.54, 1.807) is 12.1 Å². The summed E-state index contributed by atoms with van der Waals surface area (Å²) >= 11 is 0. The normalized spacial score (nSPS) is 26.8. The Morgan fingerprint density at radius 2 is 1.94 bits per heavy atom. The molecule has 32 heavy (non-hydrogen) atoms. The van der Waals surface area contributed by atoms with E-state index in [0.717, 1.165) is 63.4 Å². The Balaban J connectivity index is 1.46. The molecule has 1 fully saturated rings. The number of allylic oxidation sites excluding steroid dienone is 2. The van der Waals surface area contributed by atoms with Crippen molar-refractivity contribution >= 4 is 5.97 Å². The Hall–Kier alpha value is -1.91. The van der Waals surface area contributed by atoms with Crippen LogP contribution in [-0.2, 0) is 6.42 Å². The molecular weight excluding hydrogens is 400 g/mol. The number of hydrogen-bond donors (Lipinski definition) is 3. The lowest BCUT2D eigenvalue weighted by atomic mass is 9.87. The molecular formula is C28H40O4. The van der Waals surface area contributed by atoms with Crippen LogP contribution in [0.2, 0.25) is 0 Å². The van der Waals surface area contributed by atoms with Crippen LogP contribution in [0.25, 0.3) is 0 Å². The molecule has 0 saturated heterocycles. The first-order valence-corrected chi connectivity index (χ1v) is 12.4. The maximum absolute atomic E-state index is 11.4. The van der Waals surface area contributed by atoms with Crippen molar-refractivity contribution in [2.75, 3.05) is 0 Å². The van der Waals surface area contributed by atoms with Crippen LogP contribution in [0.1, 0.15) is 87.6 Å². The molecule has 0 aromatic heterocycles. The number of carboxylic acid groups (broad SMARTS) is 1. The molecule has 1 aromatic rings. The molecule has 0 radical (unpaired) electrons. The van der Waals surface area contributed by atoms with Crippen molar-refractivity contribution in [2.45, 2.75) is 89.8 Å². The summed E-state index contributed by atoms with van der Waals surface area (Å²) in [5.74, 6) is 0.266. The van der Waals surface area contributed by atoms with Crippen molar-refractivity contribution in [1.29, 1.82) is 0 Å². The number of unbranched alkanes of at least 4 members (excludes halogenated alkanes) is 2. The number of carbonyl (C=O) groups is 1. The molecule has 0 heterocycles. The number of aromatic carboxylic acids is 1. The smallest absolute Gasteiger partial charge is 0.335 e. The molecule has 4 nitrogen and oxygen atoms in total. The van der Waals surface area contributed by atoms with E-state index in [1.165, 1.54) is 5.57 Å². The zero-order valence-corrected chi connectivity index (χ0v) is 19.7. The highest BCUT2D eigenvalue weighted by molar-refractivity contribution is 5.89. The number of fused-ring (bicyclic) bond motifs is 1. The number of aliphatic hydroxyl groups excluding tert-OH is 1. The summed E-state index contributed by atoms with van der Waals surface area (Å²) in [6.45, 7) is 4.05. The number of hydrogen-bond acceptors (Lipinski definition) is 3. The predicted octanol–water partition coefficient (Wildman–Crippen LogP) is 5.93. The van der Waals surface area contributed by atoms with E-state index in [-0.39, 0.29) is 12.0 Å². The first-order valence-electron chi connectivity index (χ1n) is 12.4. The second kappa shape index (κ2) is 11.3. The summed E-state index contributed by atoms with van der Waals surface area (Å²) in [6, 6.07) is 7.28. The van der Waals surface area contributed by atoms with Gasteiger partial charge in [-0.15, -0.1) is 0 Å². The average Bonchev–Trinajstić information content (AvgIpc) is 3.27. The van der Waals surface area contributed by atoms with Gasteiger partial charge in [0.15, 0.2) is 0 Å². The highest BCUT2D eigenvalue weighted by atomic mass is 16.4. The van der Waals surface area contributed by atoms with Gasteiger partial charge in [-0.1, -0.05) is 61.8 Å². The van der Waals surface area contributed by atoms with Gasteiger partial charge in [0.05, 0.1) is 17.3 Å². The second-order valence-electron chi connectivity index (χ2n) is 10.1. The van der Waals surface area contributed by atoms with Gasteiger partial charge in [-0.3, -0.25) is 0 Å². The third-order valence-electron chi connectivity index (χ3n) is 7.38. The maximum Gasteiger partial charge on any atom is 0.335 e. The van der Waals surface area contributed by atoms with Gasteiger partial charge < -0.3 is 15.3 Å². The van der Waals surface area contributed by atoms with E-state index in [4.69, 9.17) is 0 Å². The van der Waals surface area contributed by atoms with E-state index in [9.17, 15) is 20.1 Å². The zero-order chi connectivity index (χ0) is 23.1. The number of benzene rings is 1. The second-order valence-corrected chi connectivity index (χ2v) is 10.1. The van der Waals surface area contributed by atoms with Crippen molar-refractivity contribution in [1.82, 2.24) is 0 Å². The highest BCUT2D eigenvalue weighted by Gasteiger charge is 2.43. The molecule has 0 aliphatic heterocycles. The van der Waals surface area contributed by atoms with Gasteiger partial charge in [0, 0.05) is 5.92 Å². The Bertz CT molecular complexity index is 822. The Labute approximate surface area is 193 Å². The molecule has 3 N–H and O–H groups in total. The van der Waals surface area contributed by atoms with E-state index in [2.05, 4.69) is 25.2 Å². The van der Waals surface area contributed by atoms with Gasteiger partial charge in [0.2, 0.25) is 0 Å². The van der Waals surface area contributed by atoms with Gasteiger partial charge in [-0.2, -0.15) is 0 Å². The number of aliphatic hydroxyl groups is 2. The maximum atomic E-state index is 11.4. The average molecular weight is 441 g/mol. The highest BCUT2D eigenvalue weighted by Crippen LogP contribution is 2.48. The topological polar surface area (TPSA) is 77.8 Å². The van der Waals surface area contributed by atoms with E-state index in [1.807, 2.05) is 19.1 Å². The molecule has 2 aliphatic carbocycles. The minimum atomic E-state index is -0.851. The van der Waals surface area contributed by atoms with E-state index in [0.29, 0.717) is 23.8 Å². The summed E-state index contributed by atoms with van der Waals surface area (Å²) in [4.78, 5) is 11.4. The van der Waals surface area contributed by atoms with Crippen LogP contribution in [-0.4, -0.2) is 33.0 Å². The zero-order valence-electron chi connectivity index (χ0n) is 19.7. The molecule has 3 rings (SSSR count). The van der Waals surface area contributed by atoms with Gasteiger partial charge in [-0.05, 0) is 81.8 Å². The SMILES string of the molecule is CCCC[C@@](C)(O)C/C=C/[C@H]1[C@H]2CC(CCCCc3ccccc3C(=O)O)=C[C@H]2C[C@H]1O. The molecule has 2 aliphatic rings. The quantitative estimate of drug-likeness (QED) is 0.278. The standard InChI is InChI=1S/C28H40O4/c1-3-4-15-28(2,32)16-9-14-24-25-18-20(17-22(25)19-26(24)29)10-5-6-11-21-12-7-8-13-23(21)27(30)31/h7-9,12-14,17,22,24-26,29,32H,3-6,10-11,15-16,18-19H2,1-2H3,(H,30,31)/b14-9+/t22-,24-,25-,26+,28+/m0/s1. The fourth-order valence-corrected chi connectivity index (χ4v) is 5.54. The predicted molar refractivity (Wildman–Crippen MR) is 129 cm³/mol. The van der Waals surface area contributed by atoms with Crippen molar-refractivity contribution < 1.29 is 20.1 Å². The molecule has 0 amide bonds. The van der Waals surface area contributed by atoms with Gasteiger partial charge in [0.1, 0.15) is 0 Å². The summed E-state index contributed by atoms with van der Waals surface area (Å²) in [5.41, 5.74) is 2.17. The molecule has 176 valence electrons. The molecule has 0 spiro atoms. The van der Waals surface area contributed by atoms with Gasteiger partial charge in [0.25, 0.3) is 0 Å². The number of aryl methyl sites for hydroxylation is 1. The van der Waals surface area contributed by atoms with Crippen LogP contribution < -0.4 is 0 Å². The van der Waals surface area contributed by atoms with Crippen molar-refractivity contribution in [3.8, 4) is 0 Å². The van der Waals surface area contributed by atoms with Crippen LogP contribution in [0.5, 0.6) is 0 Å². The summed E-state index contributed by atoms with van der Waals surface area (Å²) in [7, 11) is 0. The minimum Gasteiger partial charge on any atom is -0.478 e. The van der Waals surface area contributed by atoms with Crippen LogP contribution in [0.4, 0.5) is 0 Å². The third-order valence-corrected chi connectivity index (χ3v) is 7.38. The summed E-state index contributed by atoms with van der Waals surface area (Å²) in [6.07, 6.45) is 15.7. The van der Waals surface area contributed by atoms with Crippen LogP contribution in [0, 0.1) is 17.8 Å². The molecule has 1 saturated carbocycles. The Morgan fingerprint density at radius 3 is 2.69 bits per heavy atom. The van der Waals surface area contributed by atoms with Crippen molar-refractivity contribution in [2.24, 2.45) is 17.8 Å². The third kappa shape index (κ3) is 6.55. The fraction of sp³-hybridized carbons (Fsp3) is 0.607. The lowest BCUT2D eigenvalue weighted by molar-refractivity contribution is 0.0513. The molecule has 0 unspecified atom stereocenters. The molecule has 0 bridgehead atoms. The van der Waals surface area contributed by atoms with Crippen molar-refractivity contribution in [3.63, 3.8) is 0 Å². The van der Waals surface area contributed by atoms with Gasteiger partial charge in [-0.25, -0.2) is 4.79 Å². The largest absolute Gasteiger partial charge is 0.478 e. The van der Waals surface area contributed by atoms with Crippen LogP contribution >= 0.6 is 0 Å².